The van der Waals surface area contributed by atoms with Crippen molar-refractivity contribution in [2.24, 2.45) is 0 Å². The summed E-state index contributed by atoms with van der Waals surface area (Å²) in [5.74, 6) is -1.86. The smallest absolute Gasteiger partial charge is 0.254 e. The van der Waals surface area contributed by atoms with Crippen molar-refractivity contribution in [3.05, 3.63) is 29.6 Å². The van der Waals surface area contributed by atoms with E-state index in [0.717, 1.165) is 12.1 Å². The summed E-state index contributed by atoms with van der Waals surface area (Å²) in [6, 6.07) is 3.13. The summed E-state index contributed by atoms with van der Waals surface area (Å²) in [5.41, 5.74) is -1.69. The predicted octanol–water partition coefficient (Wildman–Crippen LogP) is 0.00440. The van der Waals surface area contributed by atoms with Gasteiger partial charge in [0.1, 0.15) is 17.2 Å². The molecule has 0 aromatic heterocycles. The van der Waals surface area contributed by atoms with Gasteiger partial charge >= 0.3 is 0 Å². The van der Waals surface area contributed by atoms with Crippen LogP contribution in [0.2, 0.25) is 0 Å². The van der Waals surface area contributed by atoms with Crippen LogP contribution in [0.25, 0.3) is 0 Å². The topological polar surface area (TPSA) is 89.8 Å². The van der Waals surface area contributed by atoms with Crippen LogP contribution in [0.4, 0.5) is 4.39 Å². The first kappa shape index (κ1) is 13.4. The van der Waals surface area contributed by atoms with Gasteiger partial charge in [-0.05, 0) is 19.1 Å². The van der Waals surface area contributed by atoms with Crippen LogP contribution in [-0.4, -0.2) is 40.0 Å². The van der Waals surface area contributed by atoms with Crippen LogP contribution < -0.4 is 5.32 Å². The number of carbonyl (C=O) groups excluding carboxylic acids is 1. The first-order valence-corrected chi connectivity index (χ1v) is 4.96. The molecule has 1 amide bonds. The molecule has 1 atom stereocenters. The zero-order chi connectivity index (χ0) is 13.1. The van der Waals surface area contributed by atoms with Crippen LogP contribution in [0.5, 0.6) is 5.75 Å². The molecule has 0 aliphatic heterocycles. The Morgan fingerprint density at radius 2 is 2.18 bits per heavy atom. The fourth-order valence-electron chi connectivity index (χ4n) is 1.11. The maximum Gasteiger partial charge on any atom is 0.254 e. The summed E-state index contributed by atoms with van der Waals surface area (Å²) in [5, 5.41) is 29.4. The van der Waals surface area contributed by atoms with E-state index in [-0.39, 0.29) is 17.9 Å². The number of halogens is 1. The molecule has 17 heavy (non-hydrogen) atoms. The number of carbonyl (C=O) groups is 1. The lowest BCUT2D eigenvalue weighted by molar-refractivity contribution is 0.00316. The molecule has 0 radical (unpaired) electrons. The summed E-state index contributed by atoms with van der Waals surface area (Å²) in [6.45, 7) is 0.606. The quantitative estimate of drug-likeness (QED) is 0.599. The average molecular weight is 243 g/mol. The fraction of sp³-hybridized carbons (Fsp3) is 0.364. The molecule has 5 nitrogen and oxygen atoms in total. The molecule has 0 bridgehead atoms. The Hall–Kier alpha value is -1.66. The molecule has 6 heteroatoms. The number of aromatic hydroxyl groups is 1. The Morgan fingerprint density at radius 1 is 1.53 bits per heavy atom. The highest BCUT2D eigenvalue weighted by atomic mass is 19.1. The second-order valence-corrected chi connectivity index (χ2v) is 4.00. The third kappa shape index (κ3) is 3.69. The Labute approximate surface area is 97.5 Å². The number of aliphatic hydroxyl groups is 2. The molecular weight excluding hydrogens is 229 g/mol. The van der Waals surface area contributed by atoms with Crippen molar-refractivity contribution in [3.63, 3.8) is 0 Å². The standard InChI is InChI=1S/C11H14FNO4/c1-11(17,6-14)5-13-10(16)8-3-2-7(15)4-9(8)12/h2-4,14-15,17H,5-6H2,1H3,(H,13,16). The number of hydrogen-bond acceptors (Lipinski definition) is 4. The highest BCUT2D eigenvalue weighted by molar-refractivity contribution is 5.94. The molecule has 1 rings (SSSR count). The molecule has 0 fully saturated rings. The van der Waals surface area contributed by atoms with Crippen molar-refractivity contribution < 1.29 is 24.5 Å². The predicted molar refractivity (Wildman–Crippen MR) is 58.1 cm³/mol. The number of amides is 1. The molecule has 1 unspecified atom stereocenters. The van der Waals surface area contributed by atoms with E-state index in [0.29, 0.717) is 0 Å². The highest BCUT2D eigenvalue weighted by Gasteiger charge is 2.21. The van der Waals surface area contributed by atoms with Gasteiger partial charge in [-0.15, -0.1) is 0 Å². The minimum Gasteiger partial charge on any atom is -0.508 e. The molecule has 0 aliphatic rings. The molecule has 4 N–H and O–H groups in total. The molecule has 0 saturated carbocycles. The molecule has 0 aliphatic carbocycles. The zero-order valence-corrected chi connectivity index (χ0v) is 9.27. The summed E-state index contributed by atoms with van der Waals surface area (Å²) in [7, 11) is 0. The Morgan fingerprint density at radius 3 is 2.71 bits per heavy atom. The van der Waals surface area contributed by atoms with Gasteiger partial charge in [0, 0.05) is 12.6 Å². The number of rotatable bonds is 4. The second-order valence-electron chi connectivity index (χ2n) is 4.00. The summed E-state index contributed by atoms with van der Waals surface area (Å²) in [4.78, 5) is 11.5. The number of nitrogens with one attached hydrogen (secondary N) is 1. The van der Waals surface area contributed by atoms with E-state index in [1.54, 1.807) is 0 Å². The maximum atomic E-state index is 13.3. The summed E-state index contributed by atoms with van der Waals surface area (Å²) < 4.78 is 13.3. The van der Waals surface area contributed by atoms with Crippen LogP contribution in [-0.2, 0) is 0 Å². The minimum atomic E-state index is -1.46. The Balaban J connectivity index is 2.71. The van der Waals surface area contributed by atoms with E-state index in [9.17, 15) is 14.3 Å². The van der Waals surface area contributed by atoms with Crippen molar-refractivity contribution in [1.82, 2.24) is 5.32 Å². The first-order chi connectivity index (χ1) is 7.85. The van der Waals surface area contributed by atoms with Gasteiger partial charge in [0.15, 0.2) is 0 Å². The van der Waals surface area contributed by atoms with Crippen molar-refractivity contribution in [2.45, 2.75) is 12.5 Å². The van der Waals surface area contributed by atoms with Crippen molar-refractivity contribution in [3.8, 4) is 5.75 Å². The van der Waals surface area contributed by atoms with Gasteiger partial charge in [0.25, 0.3) is 5.91 Å². The molecule has 1 aromatic rings. The van der Waals surface area contributed by atoms with Crippen LogP contribution in [0.3, 0.4) is 0 Å². The van der Waals surface area contributed by atoms with E-state index < -0.39 is 23.9 Å². The normalized spacial score (nSPS) is 14.1. The van der Waals surface area contributed by atoms with Gasteiger partial charge in [-0.2, -0.15) is 0 Å². The van der Waals surface area contributed by atoms with Crippen LogP contribution >= 0.6 is 0 Å². The van der Waals surface area contributed by atoms with Crippen molar-refractivity contribution in [2.75, 3.05) is 13.2 Å². The average Bonchev–Trinajstić information content (AvgIpc) is 2.26. The van der Waals surface area contributed by atoms with Crippen LogP contribution in [0.1, 0.15) is 17.3 Å². The van der Waals surface area contributed by atoms with Crippen LogP contribution in [0.15, 0.2) is 18.2 Å². The molecule has 94 valence electrons. The Kier molecular flexibility index (Phi) is 4.03. The van der Waals surface area contributed by atoms with E-state index in [2.05, 4.69) is 5.32 Å². The van der Waals surface area contributed by atoms with E-state index in [1.807, 2.05) is 0 Å². The molecular formula is C11H14FNO4. The lowest BCUT2D eigenvalue weighted by Crippen LogP contribution is -2.43. The largest absolute Gasteiger partial charge is 0.508 e. The van der Waals surface area contributed by atoms with Gasteiger partial charge in [-0.1, -0.05) is 0 Å². The van der Waals surface area contributed by atoms with Gasteiger partial charge in [-0.25, -0.2) is 4.39 Å². The van der Waals surface area contributed by atoms with E-state index in [1.165, 1.54) is 13.0 Å². The number of phenolic OH excluding ortho intramolecular Hbond substituents is 1. The zero-order valence-electron chi connectivity index (χ0n) is 9.27. The minimum absolute atomic E-state index is 0.206. The van der Waals surface area contributed by atoms with E-state index in [4.69, 9.17) is 10.2 Å². The number of hydrogen-bond donors (Lipinski definition) is 4. The fourth-order valence-corrected chi connectivity index (χ4v) is 1.11. The third-order valence-corrected chi connectivity index (χ3v) is 2.17. The number of benzene rings is 1. The Bertz CT molecular complexity index is 420. The SMILES string of the molecule is CC(O)(CO)CNC(=O)c1ccc(O)cc1F. The monoisotopic (exact) mass is 243 g/mol. The van der Waals surface area contributed by atoms with Gasteiger partial charge < -0.3 is 20.6 Å². The van der Waals surface area contributed by atoms with Gasteiger partial charge in [0.05, 0.1) is 12.2 Å². The number of phenols is 1. The van der Waals surface area contributed by atoms with Gasteiger partial charge in [-0.3, -0.25) is 4.79 Å². The van der Waals surface area contributed by atoms with Crippen molar-refractivity contribution in [1.29, 1.82) is 0 Å². The maximum absolute atomic E-state index is 13.3. The highest BCUT2D eigenvalue weighted by Crippen LogP contribution is 2.14. The summed E-state index contributed by atoms with van der Waals surface area (Å²) in [6.07, 6.45) is 0. The lowest BCUT2D eigenvalue weighted by atomic mass is 10.1. The van der Waals surface area contributed by atoms with Gasteiger partial charge in [0.2, 0.25) is 0 Å². The molecule has 1 aromatic carbocycles. The molecule has 0 saturated heterocycles. The van der Waals surface area contributed by atoms with E-state index >= 15 is 0 Å². The van der Waals surface area contributed by atoms with Crippen molar-refractivity contribution >= 4 is 5.91 Å². The number of aliphatic hydroxyl groups excluding tert-OH is 1. The third-order valence-electron chi connectivity index (χ3n) is 2.17. The molecule has 0 spiro atoms. The lowest BCUT2D eigenvalue weighted by Gasteiger charge is -2.20. The first-order valence-electron chi connectivity index (χ1n) is 4.96. The molecule has 0 heterocycles. The van der Waals surface area contributed by atoms with Crippen LogP contribution in [0, 0.1) is 5.82 Å². The second kappa shape index (κ2) is 5.11. The summed E-state index contributed by atoms with van der Waals surface area (Å²) >= 11 is 0.